The number of para-hydroxylation sites is 1. The maximum Gasteiger partial charge on any atom is 0.407 e. The van der Waals surface area contributed by atoms with Crippen LogP contribution in [0.3, 0.4) is 0 Å². The van der Waals surface area contributed by atoms with Gasteiger partial charge in [-0.15, -0.1) is 0 Å². The van der Waals surface area contributed by atoms with Crippen LogP contribution >= 0.6 is 0 Å². The van der Waals surface area contributed by atoms with E-state index in [2.05, 4.69) is 0 Å². The molecule has 0 aliphatic carbocycles. The maximum absolute atomic E-state index is 12.6. The molecule has 1 aromatic carbocycles. The van der Waals surface area contributed by atoms with Gasteiger partial charge in [-0.05, 0) is 26.2 Å². The molecule has 1 aromatic rings. The van der Waals surface area contributed by atoms with Gasteiger partial charge < -0.3 is 14.7 Å². The average Bonchev–Trinajstić information content (AvgIpc) is 2.55. The SMILES string of the molecule is CCOC(=O)C1(Cc2ccccc2[N+](=O)[O-])CCCN(C(=O)O)C1. The van der Waals surface area contributed by atoms with E-state index in [4.69, 9.17) is 4.74 Å². The highest BCUT2D eigenvalue weighted by atomic mass is 16.6. The Kier molecular flexibility index (Phi) is 5.38. The van der Waals surface area contributed by atoms with Gasteiger partial charge >= 0.3 is 12.1 Å². The van der Waals surface area contributed by atoms with E-state index in [1.54, 1.807) is 25.1 Å². The Morgan fingerprint density at radius 1 is 1.42 bits per heavy atom. The Hall–Kier alpha value is -2.64. The lowest BCUT2D eigenvalue weighted by Gasteiger charge is -2.39. The minimum atomic E-state index is -1.11. The first-order valence-electron chi connectivity index (χ1n) is 7.77. The summed E-state index contributed by atoms with van der Waals surface area (Å²) in [5.41, 5.74) is -0.768. The molecular formula is C16H20N2O6. The number of nitro benzene ring substituents is 1. The Morgan fingerprint density at radius 2 is 2.12 bits per heavy atom. The number of nitro groups is 1. The zero-order chi connectivity index (χ0) is 17.7. The number of hydrogen-bond acceptors (Lipinski definition) is 5. The third-order valence-electron chi connectivity index (χ3n) is 4.27. The van der Waals surface area contributed by atoms with Crippen molar-refractivity contribution in [1.29, 1.82) is 0 Å². The van der Waals surface area contributed by atoms with E-state index >= 15 is 0 Å². The summed E-state index contributed by atoms with van der Waals surface area (Å²) in [5.74, 6) is -0.505. The van der Waals surface area contributed by atoms with E-state index in [1.165, 1.54) is 11.0 Å². The van der Waals surface area contributed by atoms with Crippen molar-refractivity contribution in [3.05, 3.63) is 39.9 Å². The van der Waals surface area contributed by atoms with Gasteiger partial charge in [0.25, 0.3) is 5.69 Å². The molecule has 0 saturated carbocycles. The summed E-state index contributed by atoms with van der Waals surface area (Å²) in [7, 11) is 0. The first kappa shape index (κ1) is 17.7. The molecule has 1 saturated heterocycles. The van der Waals surface area contributed by atoms with Crippen LogP contribution in [0, 0.1) is 15.5 Å². The number of piperidine rings is 1. The highest BCUT2D eigenvalue weighted by Crippen LogP contribution is 2.37. The van der Waals surface area contributed by atoms with E-state index in [9.17, 15) is 24.8 Å². The molecule has 8 nitrogen and oxygen atoms in total. The fourth-order valence-corrected chi connectivity index (χ4v) is 3.17. The third kappa shape index (κ3) is 3.64. The molecule has 0 radical (unpaired) electrons. The molecule has 24 heavy (non-hydrogen) atoms. The highest BCUT2D eigenvalue weighted by molar-refractivity contribution is 5.79. The van der Waals surface area contributed by atoms with E-state index in [1.807, 2.05) is 0 Å². The van der Waals surface area contributed by atoms with Crippen LogP contribution in [0.15, 0.2) is 24.3 Å². The van der Waals surface area contributed by atoms with Crippen molar-refractivity contribution in [2.75, 3.05) is 19.7 Å². The molecule has 130 valence electrons. The van der Waals surface area contributed by atoms with Gasteiger partial charge in [0.15, 0.2) is 0 Å². The van der Waals surface area contributed by atoms with E-state index in [0.717, 1.165) is 0 Å². The first-order chi connectivity index (χ1) is 11.4. The highest BCUT2D eigenvalue weighted by Gasteiger charge is 2.45. The molecule has 1 aliphatic rings. The maximum atomic E-state index is 12.6. The van der Waals surface area contributed by atoms with Gasteiger partial charge in [0, 0.05) is 24.7 Å². The number of nitrogens with zero attached hydrogens (tertiary/aromatic N) is 2. The summed E-state index contributed by atoms with van der Waals surface area (Å²) in [6.45, 7) is 2.17. The Morgan fingerprint density at radius 3 is 2.75 bits per heavy atom. The van der Waals surface area contributed by atoms with Crippen LogP contribution in [0.5, 0.6) is 0 Å². The Bertz CT molecular complexity index is 647. The van der Waals surface area contributed by atoms with Crippen LogP contribution in [0.25, 0.3) is 0 Å². The fourth-order valence-electron chi connectivity index (χ4n) is 3.17. The largest absolute Gasteiger partial charge is 0.466 e. The summed E-state index contributed by atoms with van der Waals surface area (Å²) >= 11 is 0. The Labute approximate surface area is 139 Å². The number of ether oxygens (including phenoxy) is 1. The number of rotatable bonds is 5. The number of hydrogen-bond donors (Lipinski definition) is 1. The fraction of sp³-hybridized carbons (Fsp3) is 0.500. The molecular weight excluding hydrogens is 316 g/mol. The lowest BCUT2D eigenvalue weighted by atomic mass is 9.75. The normalized spacial score (nSPS) is 20.5. The Balaban J connectivity index is 2.39. The molecule has 8 heteroatoms. The van der Waals surface area contributed by atoms with Crippen molar-refractivity contribution in [1.82, 2.24) is 4.90 Å². The van der Waals surface area contributed by atoms with Gasteiger partial charge in [0.05, 0.1) is 16.9 Å². The van der Waals surface area contributed by atoms with Crippen LogP contribution < -0.4 is 0 Å². The number of benzene rings is 1. The first-order valence-corrected chi connectivity index (χ1v) is 7.77. The smallest absolute Gasteiger partial charge is 0.407 e. The number of likely N-dealkylation sites (tertiary alicyclic amines) is 1. The molecule has 1 N–H and O–H groups in total. The standard InChI is InChI=1S/C16H20N2O6/c1-2-24-14(19)16(8-5-9-17(11-16)15(20)21)10-12-6-3-4-7-13(12)18(22)23/h3-4,6-7H,2,5,8-11H2,1H3,(H,20,21). The van der Waals surface area contributed by atoms with Gasteiger partial charge in [-0.25, -0.2) is 4.79 Å². The van der Waals surface area contributed by atoms with Crippen molar-refractivity contribution >= 4 is 17.7 Å². The van der Waals surface area contributed by atoms with Gasteiger partial charge in [0.1, 0.15) is 0 Å². The molecule has 1 unspecified atom stereocenters. The van der Waals surface area contributed by atoms with Crippen LogP contribution in [0.4, 0.5) is 10.5 Å². The predicted octanol–water partition coefficient (Wildman–Crippen LogP) is 2.46. The van der Waals surface area contributed by atoms with Gasteiger partial charge in [0.2, 0.25) is 0 Å². The molecule has 0 aromatic heterocycles. The monoisotopic (exact) mass is 336 g/mol. The second kappa shape index (κ2) is 7.29. The van der Waals surface area contributed by atoms with Gasteiger partial charge in [-0.1, -0.05) is 18.2 Å². The number of carboxylic acid groups (broad SMARTS) is 1. The predicted molar refractivity (Wildman–Crippen MR) is 84.7 cm³/mol. The van der Waals surface area contributed by atoms with Crippen LogP contribution in [-0.2, 0) is 16.0 Å². The van der Waals surface area contributed by atoms with Crippen molar-refractivity contribution in [3.8, 4) is 0 Å². The second-order valence-corrected chi connectivity index (χ2v) is 5.87. The molecule has 1 aliphatic heterocycles. The summed E-state index contributed by atoms with van der Waals surface area (Å²) in [4.78, 5) is 35.8. The van der Waals surface area contributed by atoms with E-state index in [0.29, 0.717) is 24.9 Å². The van der Waals surface area contributed by atoms with E-state index in [-0.39, 0.29) is 25.3 Å². The van der Waals surface area contributed by atoms with Crippen molar-refractivity contribution in [3.63, 3.8) is 0 Å². The molecule has 0 spiro atoms. The average molecular weight is 336 g/mol. The minimum Gasteiger partial charge on any atom is -0.466 e. The van der Waals surface area contributed by atoms with Crippen LogP contribution in [0.2, 0.25) is 0 Å². The number of amides is 1. The molecule has 1 atom stereocenters. The summed E-state index contributed by atoms with van der Waals surface area (Å²) < 4.78 is 5.16. The minimum absolute atomic E-state index is 0.0206. The zero-order valence-corrected chi connectivity index (χ0v) is 13.4. The van der Waals surface area contributed by atoms with Crippen LogP contribution in [0.1, 0.15) is 25.3 Å². The third-order valence-corrected chi connectivity index (χ3v) is 4.27. The van der Waals surface area contributed by atoms with Crippen molar-refractivity contribution in [2.24, 2.45) is 5.41 Å². The zero-order valence-electron chi connectivity index (χ0n) is 13.4. The number of esters is 1. The number of carbonyl (C=O) groups excluding carboxylic acids is 1. The molecule has 1 amide bonds. The lowest BCUT2D eigenvalue weighted by Crippen LogP contribution is -2.51. The molecule has 0 bridgehead atoms. The van der Waals surface area contributed by atoms with Gasteiger partial charge in [-0.2, -0.15) is 0 Å². The van der Waals surface area contributed by atoms with Gasteiger partial charge in [-0.3, -0.25) is 14.9 Å². The molecule has 1 heterocycles. The second-order valence-electron chi connectivity index (χ2n) is 5.87. The van der Waals surface area contributed by atoms with E-state index < -0.39 is 22.4 Å². The summed E-state index contributed by atoms with van der Waals surface area (Å²) in [5, 5.41) is 20.5. The van der Waals surface area contributed by atoms with Crippen LogP contribution in [-0.4, -0.2) is 46.7 Å². The number of carbonyl (C=O) groups is 2. The van der Waals surface area contributed by atoms with Crippen molar-refractivity contribution in [2.45, 2.75) is 26.2 Å². The molecule has 2 rings (SSSR count). The molecule has 1 fully saturated rings. The summed E-state index contributed by atoms with van der Waals surface area (Å²) in [6.07, 6.45) is -0.0916. The van der Waals surface area contributed by atoms with Crippen molar-refractivity contribution < 1.29 is 24.4 Å². The topological polar surface area (TPSA) is 110 Å². The quantitative estimate of drug-likeness (QED) is 0.502. The summed E-state index contributed by atoms with van der Waals surface area (Å²) in [6, 6.07) is 6.20. The lowest BCUT2D eigenvalue weighted by molar-refractivity contribution is -0.385.